The topological polar surface area (TPSA) is 3.24 Å². The van der Waals surface area contributed by atoms with Crippen LogP contribution in [0.25, 0.3) is 11.3 Å². The highest BCUT2D eigenvalue weighted by molar-refractivity contribution is 5.97. The molecule has 0 radical (unpaired) electrons. The van der Waals surface area contributed by atoms with E-state index in [2.05, 4.69) is 36.6 Å². The Kier molecular flexibility index (Phi) is 6.35. The minimum Gasteiger partial charge on any atom is -0.341 e. The summed E-state index contributed by atoms with van der Waals surface area (Å²) in [4.78, 5) is 2.09. The Morgan fingerprint density at radius 2 is 1.56 bits per heavy atom. The molecule has 2 heteroatoms. The average Bonchev–Trinajstić information content (AvgIpc) is 2.66. The number of nitrogens with zero attached hydrogens (tertiary/aromatic N) is 1. The summed E-state index contributed by atoms with van der Waals surface area (Å²) in [7, 11) is 0. The van der Waals surface area contributed by atoms with Crippen LogP contribution < -0.4 is 0 Å². The number of hydrogen-bond donors (Lipinski definition) is 0. The quantitative estimate of drug-likeness (QED) is 0.617. The van der Waals surface area contributed by atoms with E-state index in [1.165, 1.54) is 6.07 Å². The summed E-state index contributed by atoms with van der Waals surface area (Å²) >= 11 is 0. The molecule has 0 aliphatic carbocycles. The predicted molar refractivity (Wildman–Crippen MR) is 106 cm³/mol. The Bertz CT molecular complexity index is 800. The first-order chi connectivity index (χ1) is 12.1. The fourth-order valence-corrected chi connectivity index (χ4v) is 2.99. The zero-order valence-corrected chi connectivity index (χ0v) is 15.5. The van der Waals surface area contributed by atoms with Crippen LogP contribution in [0, 0.1) is 5.82 Å². The Hall–Kier alpha value is -2.61. The van der Waals surface area contributed by atoms with Crippen molar-refractivity contribution >= 4 is 11.3 Å². The van der Waals surface area contributed by atoms with Crippen molar-refractivity contribution in [2.24, 2.45) is 0 Å². The molecule has 0 unspecified atom stereocenters. The smallest absolute Gasteiger partial charge is 0.132 e. The minimum atomic E-state index is -0.213. The van der Waals surface area contributed by atoms with Crippen molar-refractivity contribution in [1.82, 2.24) is 4.90 Å². The fraction of sp³-hybridized carbons (Fsp3) is 0.217. The van der Waals surface area contributed by atoms with Gasteiger partial charge in [-0.1, -0.05) is 62.9 Å². The maximum absolute atomic E-state index is 14.5. The van der Waals surface area contributed by atoms with Gasteiger partial charge in [-0.05, 0) is 43.2 Å². The highest BCUT2D eigenvalue weighted by Crippen LogP contribution is 2.39. The van der Waals surface area contributed by atoms with Crippen molar-refractivity contribution in [3.05, 3.63) is 95.5 Å². The molecule has 2 aromatic rings. The molecule has 3 rings (SSSR count). The lowest BCUT2D eigenvalue weighted by atomic mass is 9.92. The molecule has 1 heterocycles. The molecular formula is C23H26FN. The van der Waals surface area contributed by atoms with E-state index in [-0.39, 0.29) is 5.82 Å². The first-order valence-electron chi connectivity index (χ1n) is 8.83. The zero-order valence-electron chi connectivity index (χ0n) is 15.5. The number of likely N-dealkylation sites (N-methyl/N-ethyl adjacent to an activating group) is 1. The normalized spacial score (nSPS) is 14.0. The van der Waals surface area contributed by atoms with Gasteiger partial charge in [0.15, 0.2) is 0 Å². The van der Waals surface area contributed by atoms with Gasteiger partial charge in [0, 0.05) is 23.4 Å². The lowest BCUT2D eigenvalue weighted by molar-refractivity contribution is 0.517. The van der Waals surface area contributed by atoms with E-state index in [4.69, 9.17) is 0 Å². The van der Waals surface area contributed by atoms with E-state index < -0.39 is 0 Å². The van der Waals surface area contributed by atoms with Gasteiger partial charge in [0.1, 0.15) is 5.82 Å². The minimum absolute atomic E-state index is 0.213. The first kappa shape index (κ1) is 18.7. The molecule has 25 heavy (non-hydrogen) atoms. The predicted octanol–water partition coefficient (Wildman–Crippen LogP) is 6.52. The highest BCUT2D eigenvalue weighted by atomic mass is 19.1. The second-order valence-electron chi connectivity index (χ2n) is 5.63. The third-order valence-corrected chi connectivity index (χ3v) is 4.20. The number of halogens is 1. The van der Waals surface area contributed by atoms with Crippen molar-refractivity contribution < 1.29 is 4.39 Å². The van der Waals surface area contributed by atoms with Crippen molar-refractivity contribution in [2.45, 2.75) is 27.7 Å². The van der Waals surface area contributed by atoms with E-state index in [1.54, 1.807) is 6.07 Å². The third-order valence-electron chi connectivity index (χ3n) is 4.20. The molecule has 0 fully saturated rings. The van der Waals surface area contributed by atoms with Crippen molar-refractivity contribution in [3.63, 3.8) is 0 Å². The van der Waals surface area contributed by atoms with Crippen LogP contribution in [0.4, 0.5) is 4.39 Å². The molecule has 0 amide bonds. The van der Waals surface area contributed by atoms with Crippen LogP contribution >= 0.6 is 0 Å². The van der Waals surface area contributed by atoms with E-state index in [9.17, 15) is 4.39 Å². The van der Waals surface area contributed by atoms with Crippen LogP contribution in [0.3, 0.4) is 0 Å². The van der Waals surface area contributed by atoms with Gasteiger partial charge in [0.25, 0.3) is 0 Å². The zero-order chi connectivity index (χ0) is 18.4. The van der Waals surface area contributed by atoms with Gasteiger partial charge in [-0.15, -0.1) is 0 Å². The summed E-state index contributed by atoms with van der Waals surface area (Å²) in [5.41, 5.74) is 5.63. The Labute approximate surface area is 150 Å². The summed E-state index contributed by atoms with van der Waals surface area (Å²) in [6.07, 6.45) is 2.10. The third kappa shape index (κ3) is 3.74. The van der Waals surface area contributed by atoms with Crippen LogP contribution in [0.5, 0.6) is 0 Å². The number of allylic oxidation sites excluding steroid dienone is 3. The summed E-state index contributed by atoms with van der Waals surface area (Å²) in [6, 6.07) is 17.0. The molecule has 0 aromatic heterocycles. The van der Waals surface area contributed by atoms with E-state index in [1.807, 2.05) is 51.1 Å². The Balaban J connectivity index is 0.00000109. The van der Waals surface area contributed by atoms with Gasteiger partial charge in [-0.2, -0.15) is 0 Å². The molecular weight excluding hydrogens is 309 g/mol. The van der Waals surface area contributed by atoms with Gasteiger partial charge in [0.2, 0.25) is 0 Å². The van der Waals surface area contributed by atoms with Gasteiger partial charge in [-0.25, -0.2) is 4.39 Å². The molecule has 2 aromatic carbocycles. The van der Waals surface area contributed by atoms with Gasteiger partial charge >= 0.3 is 0 Å². The van der Waals surface area contributed by atoms with E-state index >= 15 is 0 Å². The second kappa shape index (κ2) is 8.48. The van der Waals surface area contributed by atoms with E-state index in [0.717, 1.165) is 34.6 Å². The van der Waals surface area contributed by atoms with Gasteiger partial charge < -0.3 is 4.90 Å². The van der Waals surface area contributed by atoms with Crippen LogP contribution in [0.2, 0.25) is 0 Å². The summed E-state index contributed by atoms with van der Waals surface area (Å²) < 4.78 is 14.5. The number of benzene rings is 2. The maximum Gasteiger partial charge on any atom is 0.132 e. The molecule has 130 valence electrons. The number of rotatable bonds is 3. The molecule has 1 aliphatic rings. The van der Waals surface area contributed by atoms with Gasteiger partial charge in [-0.3, -0.25) is 0 Å². The molecule has 0 saturated heterocycles. The Morgan fingerprint density at radius 3 is 2.16 bits per heavy atom. The lowest BCUT2D eigenvalue weighted by Crippen LogP contribution is -2.25. The molecule has 1 nitrogen and oxygen atoms in total. The molecule has 0 N–H and O–H groups in total. The molecule has 0 spiro atoms. The SMILES string of the molecule is C=C1C(C)=CC(c2ccccc2)=C(c2ccccc2F)N1CC.CC. The van der Waals surface area contributed by atoms with Gasteiger partial charge in [0.05, 0.1) is 5.70 Å². The second-order valence-corrected chi connectivity index (χ2v) is 5.63. The molecule has 0 saturated carbocycles. The monoisotopic (exact) mass is 335 g/mol. The molecule has 0 atom stereocenters. The molecule has 1 aliphatic heterocycles. The van der Waals surface area contributed by atoms with Crippen LogP contribution in [0.1, 0.15) is 38.8 Å². The van der Waals surface area contributed by atoms with Crippen molar-refractivity contribution in [3.8, 4) is 0 Å². The van der Waals surface area contributed by atoms with Crippen LogP contribution in [0.15, 0.2) is 78.5 Å². The van der Waals surface area contributed by atoms with E-state index in [0.29, 0.717) is 5.56 Å². The molecule has 0 bridgehead atoms. The largest absolute Gasteiger partial charge is 0.341 e. The number of hydrogen-bond acceptors (Lipinski definition) is 1. The summed E-state index contributed by atoms with van der Waals surface area (Å²) in [5, 5.41) is 0. The average molecular weight is 335 g/mol. The highest BCUT2D eigenvalue weighted by Gasteiger charge is 2.25. The maximum atomic E-state index is 14.5. The van der Waals surface area contributed by atoms with Crippen LogP contribution in [-0.4, -0.2) is 11.4 Å². The van der Waals surface area contributed by atoms with Crippen LogP contribution in [-0.2, 0) is 0 Å². The first-order valence-corrected chi connectivity index (χ1v) is 8.83. The van der Waals surface area contributed by atoms with Crippen molar-refractivity contribution in [2.75, 3.05) is 6.54 Å². The summed E-state index contributed by atoms with van der Waals surface area (Å²) in [5.74, 6) is -0.213. The lowest BCUT2D eigenvalue weighted by Gasteiger charge is -2.34. The Morgan fingerprint density at radius 1 is 0.960 bits per heavy atom. The standard InChI is InChI=1S/C21H20FN.C2H6/c1-4-23-16(3)15(2)14-19(17-10-6-5-7-11-17)21(23)18-12-8-9-13-20(18)22;1-2/h5-14H,3-4H2,1-2H3;1-2H3. The fourth-order valence-electron chi connectivity index (χ4n) is 2.99. The summed E-state index contributed by atoms with van der Waals surface area (Å²) in [6.45, 7) is 13.0. The van der Waals surface area contributed by atoms with Crippen molar-refractivity contribution in [1.29, 1.82) is 0 Å².